The van der Waals surface area contributed by atoms with E-state index in [1.807, 2.05) is 6.92 Å². The Morgan fingerprint density at radius 2 is 2.00 bits per heavy atom. The van der Waals surface area contributed by atoms with Crippen LogP contribution in [0, 0.1) is 0 Å². The Hall–Kier alpha value is -0.220. The van der Waals surface area contributed by atoms with Crippen LogP contribution in [0.15, 0.2) is 0 Å². The third kappa shape index (κ3) is 2.42. The van der Waals surface area contributed by atoms with Gasteiger partial charge in [0.25, 0.3) is 6.43 Å². The Labute approximate surface area is 84.0 Å². The van der Waals surface area contributed by atoms with E-state index in [0.29, 0.717) is 19.4 Å². The molecule has 1 rings (SSSR count). The lowest BCUT2D eigenvalue weighted by molar-refractivity contribution is -0.0291. The van der Waals surface area contributed by atoms with E-state index in [1.54, 1.807) is 7.11 Å². The molecular formula is C10H19F2NO. The first-order chi connectivity index (χ1) is 6.64. The number of ether oxygens (including phenoxy) is 1. The molecule has 1 saturated carbocycles. The predicted molar refractivity (Wildman–Crippen MR) is 51.7 cm³/mol. The van der Waals surface area contributed by atoms with Crippen molar-refractivity contribution in [2.45, 2.75) is 50.7 Å². The first-order valence-corrected chi connectivity index (χ1v) is 5.20. The van der Waals surface area contributed by atoms with Gasteiger partial charge in [0.2, 0.25) is 0 Å². The van der Waals surface area contributed by atoms with E-state index in [0.717, 1.165) is 12.8 Å². The lowest BCUT2D eigenvalue weighted by atomic mass is 9.80. The lowest BCUT2D eigenvalue weighted by Crippen LogP contribution is -2.54. The zero-order chi connectivity index (χ0) is 10.6. The molecule has 14 heavy (non-hydrogen) atoms. The van der Waals surface area contributed by atoms with E-state index < -0.39 is 12.0 Å². The van der Waals surface area contributed by atoms with E-state index in [4.69, 9.17) is 4.74 Å². The van der Waals surface area contributed by atoms with Crippen molar-refractivity contribution in [3.8, 4) is 0 Å². The van der Waals surface area contributed by atoms with Gasteiger partial charge in [-0.25, -0.2) is 8.78 Å². The van der Waals surface area contributed by atoms with Gasteiger partial charge in [0, 0.05) is 7.11 Å². The third-order valence-electron chi connectivity index (χ3n) is 3.10. The minimum Gasteiger partial charge on any atom is -0.381 e. The van der Waals surface area contributed by atoms with Gasteiger partial charge in [-0.3, -0.25) is 0 Å². The molecule has 0 amide bonds. The SMILES string of the molecule is CCNC1(C(F)F)CCC(OC)CC1. The normalized spacial score (nSPS) is 33.6. The summed E-state index contributed by atoms with van der Waals surface area (Å²) in [5, 5.41) is 2.94. The molecule has 0 heterocycles. The highest BCUT2D eigenvalue weighted by Crippen LogP contribution is 2.34. The summed E-state index contributed by atoms with van der Waals surface area (Å²) in [6, 6.07) is 0. The fourth-order valence-electron chi connectivity index (χ4n) is 2.17. The van der Waals surface area contributed by atoms with Crippen LogP contribution < -0.4 is 5.32 Å². The molecule has 0 aromatic carbocycles. The second-order valence-electron chi connectivity index (χ2n) is 3.92. The van der Waals surface area contributed by atoms with Crippen molar-refractivity contribution in [3.05, 3.63) is 0 Å². The minimum atomic E-state index is -2.28. The van der Waals surface area contributed by atoms with Gasteiger partial charge in [-0.05, 0) is 32.2 Å². The summed E-state index contributed by atoms with van der Waals surface area (Å²) in [4.78, 5) is 0. The molecule has 1 fully saturated rings. The highest BCUT2D eigenvalue weighted by molar-refractivity contribution is 4.95. The number of methoxy groups -OCH3 is 1. The van der Waals surface area contributed by atoms with E-state index in [-0.39, 0.29) is 6.10 Å². The summed E-state index contributed by atoms with van der Waals surface area (Å²) < 4.78 is 31.0. The van der Waals surface area contributed by atoms with Gasteiger partial charge < -0.3 is 10.1 Å². The van der Waals surface area contributed by atoms with Crippen molar-refractivity contribution in [1.82, 2.24) is 5.32 Å². The molecule has 4 heteroatoms. The smallest absolute Gasteiger partial charge is 0.256 e. The third-order valence-corrected chi connectivity index (χ3v) is 3.10. The van der Waals surface area contributed by atoms with Crippen LogP contribution in [0.1, 0.15) is 32.6 Å². The average Bonchev–Trinajstić information content (AvgIpc) is 2.19. The fraction of sp³-hybridized carbons (Fsp3) is 1.00. The molecule has 2 nitrogen and oxygen atoms in total. The van der Waals surface area contributed by atoms with Gasteiger partial charge >= 0.3 is 0 Å². The second-order valence-corrected chi connectivity index (χ2v) is 3.92. The van der Waals surface area contributed by atoms with Crippen LogP contribution in [0.2, 0.25) is 0 Å². The number of nitrogens with one attached hydrogen (secondary N) is 1. The Morgan fingerprint density at radius 3 is 2.36 bits per heavy atom. The van der Waals surface area contributed by atoms with Crippen LogP contribution in [0.5, 0.6) is 0 Å². The summed E-state index contributed by atoms with van der Waals surface area (Å²) in [6.07, 6.45) is 0.371. The van der Waals surface area contributed by atoms with Crippen LogP contribution in [-0.2, 0) is 4.74 Å². The van der Waals surface area contributed by atoms with Crippen LogP contribution in [0.25, 0.3) is 0 Å². The zero-order valence-electron chi connectivity index (χ0n) is 8.85. The number of halogens is 2. The van der Waals surface area contributed by atoms with Gasteiger partial charge in [0.05, 0.1) is 11.6 Å². The first-order valence-electron chi connectivity index (χ1n) is 5.20. The Balaban J connectivity index is 2.55. The van der Waals surface area contributed by atoms with Crippen molar-refractivity contribution in [2.24, 2.45) is 0 Å². The highest BCUT2D eigenvalue weighted by Gasteiger charge is 2.42. The highest BCUT2D eigenvalue weighted by atomic mass is 19.3. The topological polar surface area (TPSA) is 21.3 Å². The van der Waals surface area contributed by atoms with Crippen molar-refractivity contribution in [3.63, 3.8) is 0 Å². The van der Waals surface area contributed by atoms with Crippen LogP contribution >= 0.6 is 0 Å². The quantitative estimate of drug-likeness (QED) is 0.763. The predicted octanol–water partition coefficient (Wildman–Crippen LogP) is 2.19. The summed E-state index contributed by atoms with van der Waals surface area (Å²) >= 11 is 0. The van der Waals surface area contributed by atoms with Gasteiger partial charge in [-0.1, -0.05) is 6.92 Å². The van der Waals surface area contributed by atoms with Crippen molar-refractivity contribution in [1.29, 1.82) is 0 Å². The molecule has 1 N–H and O–H groups in total. The van der Waals surface area contributed by atoms with E-state index in [1.165, 1.54) is 0 Å². The molecule has 0 aliphatic heterocycles. The van der Waals surface area contributed by atoms with Gasteiger partial charge in [-0.2, -0.15) is 0 Å². The summed E-state index contributed by atoms with van der Waals surface area (Å²) in [7, 11) is 1.65. The van der Waals surface area contributed by atoms with Crippen molar-refractivity contribution in [2.75, 3.05) is 13.7 Å². The summed E-state index contributed by atoms with van der Waals surface area (Å²) in [5.41, 5.74) is -0.955. The molecular weight excluding hydrogens is 188 g/mol. The summed E-state index contributed by atoms with van der Waals surface area (Å²) in [5.74, 6) is 0. The average molecular weight is 207 g/mol. The molecule has 0 spiro atoms. The van der Waals surface area contributed by atoms with Crippen LogP contribution in [-0.4, -0.2) is 31.7 Å². The fourth-order valence-corrected chi connectivity index (χ4v) is 2.17. The molecule has 0 radical (unpaired) electrons. The number of rotatable bonds is 4. The minimum absolute atomic E-state index is 0.167. The van der Waals surface area contributed by atoms with Gasteiger partial charge in [-0.15, -0.1) is 0 Å². The molecule has 0 aromatic heterocycles. The number of hydrogen-bond acceptors (Lipinski definition) is 2. The summed E-state index contributed by atoms with van der Waals surface area (Å²) in [6.45, 7) is 2.47. The Bertz CT molecular complexity index is 168. The lowest BCUT2D eigenvalue weighted by Gasteiger charge is -2.39. The van der Waals surface area contributed by atoms with Crippen molar-refractivity contribution >= 4 is 0 Å². The number of alkyl halides is 2. The molecule has 0 atom stereocenters. The van der Waals surface area contributed by atoms with E-state index in [9.17, 15) is 8.78 Å². The molecule has 0 aromatic rings. The van der Waals surface area contributed by atoms with Gasteiger partial charge in [0.1, 0.15) is 0 Å². The number of hydrogen-bond donors (Lipinski definition) is 1. The first kappa shape index (κ1) is 11.9. The molecule has 1 aliphatic rings. The zero-order valence-corrected chi connectivity index (χ0v) is 8.85. The maximum atomic E-state index is 12.9. The largest absolute Gasteiger partial charge is 0.381 e. The van der Waals surface area contributed by atoms with Gasteiger partial charge in [0.15, 0.2) is 0 Å². The molecule has 1 aliphatic carbocycles. The molecule has 0 saturated heterocycles. The van der Waals surface area contributed by atoms with Crippen LogP contribution in [0.4, 0.5) is 8.78 Å². The van der Waals surface area contributed by atoms with E-state index >= 15 is 0 Å². The molecule has 84 valence electrons. The molecule has 0 unspecified atom stereocenters. The maximum absolute atomic E-state index is 12.9. The standard InChI is InChI=1S/C10H19F2NO/c1-3-13-10(9(11)12)6-4-8(14-2)5-7-10/h8-9,13H,3-7H2,1-2H3. The Morgan fingerprint density at radius 1 is 1.43 bits per heavy atom. The van der Waals surface area contributed by atoms with Crippen molar-refractivity contribution < 1.29 is 13.5 Å². The maximum Gasteiger partial charge on any atom is 0.256 e. The van der Waals surface area contributed by atoms with Crippen LogP contribution in [0.3, 0.4) is 0 Å². The second kappa shape index (κ2) is 5.03. The van der Waals surface area contributed by atoms with E-state index in [2.05, 4.69) is 5.32 Å². The molecule has 0 bridgehead atoms. The monoisotopic (exact) mass is 207 g/mol. The Kier molecular flexibility index (Phi) is 4.26.